The van der Waals surface area contributed by atoms with Gasteiger partial charge in [-0.25, -0.2) is 4.98 Å². The molecule has 2 saturated heterocycles. The zero-order valence-electron chi connectivity index (χ0n) is 15.4. The molecule has 2 aliphatic rings. The van der Waals surface area contributed by atoms with Gasteiger partial charge in [-0.15, -0.1) is 24.8 Å². The Bertz CT molecular complexity index is 694. The Hall–Kier alpha value is -1.08. The summed E-state index contributed by atoms with van der Waals surface area (Å²) in [4.78, 5) is 19.3. The molecule has 3 heterocycles. The minimum absolute atomic E-state index is 0. The van der Waals surface area contributed by atoms with Crippen molar-refractivity contribution in [3.05, 3.63) is 24.3 Å². The second kappa shape index (κ2) is 10.5. The Morgan fingerprint density at radius 1 is 1.22 bits per heavy atom. The van der Waals surface area contributed by atoms with Crippen LogP contribution in [0, 0.1) is 5.92 Å². The van der Waals surface area contributed by atoms with E-state index in [9.17, 15) is 4.79 Å². The van der Waals surface area contributed by atoms with E-state index < -0.39 is 0 Å². The molecule has 4 rings (SSSR count). The lowest BCUT2D eigenvalue weighted by Gasteiger charge is -2.32. The number of aromatic nitrogens is 1. The van der Waals surface area contributed by atoms with Gasteiger partial charge in [-0.05, 0) is 56.8 Å². The van der Waals surface area contributed by atoms with E-state index in [1.165, 1.54) is 11.1 Å². The highest BCUT2D eigenvalue weighted by Gasteiger charge is 2.23. The van der Waals surface area contributed by atoms with Crippen LogP contribution in [-0.4, -0.2) is 43.1 Å². The first kappa shape index (κ1) is 22.2. The summed E-state index contributed by atoms with van der Waals surface area (Å²) in [5.41, 5.74) is 1.08. The van der Waals surface area contributed by atoms with Crippen LogP contribution in [0.4, 0.5) is 5.13 Å². The Balaban J connectivity index is 0.00000131. The molecule has 2 fully saturated rings. The molecule has 2 aromatic rings. The number of benzene rings is 1. The van der Waals surface area contributed by atoms with Crippen LogP contribution < -0.4 is 15.5 Å². The number of hydrogen-bond acceptors (Lipinski definition) is 5. The molecule has 150 valence electrons. The van der Waals surface area contributed by atoms with Crippen molar-refractivity contribution in [2.45, 2.75) is 38.1 Å². The van der Waals surface area contributed by atoms with Gasteiger partial charge in [0, 0.05) is 25.6 Å². The van der Waals surface area contributed by atoms with E-state index in [1.807, 2.05) is 6.07 Å². The average Bonchev–Trinajstić information content (AvgIpc) is 3.30. The minimum Gasteiger partial charge on any atom is -0.353 e. The van der Waals surface area contributed by atoms with Gasteiger partial charge in [0.15, 0.2) is 5.13 Å². The average molecular weight is 431 g/mol. The predicted octanol–water partition coefficient (Wildman–Crippen LogP) is 3.61. The van der Waals surface area contributed by atoms with Crippen LogP contribution in [0.1, 0.15) is 32.1 Å². The third-order valence-corrected chi connectivity index (χ3v) is 6.45. The number of nitrogens with one attached hydrogen (secondary N) is 2. The predicted molar refractivity (Wildman–Crippen MR) is 118 cm³/mol. The fourth-order valence-corrected chi connectivity index (χ4v) is 4.82. The lowest BCUT2D eigenvalue weighted by atomic mass is 10.0. The fraction of sp³-hybridized carbons (Fsp3) is 0.579. The van der Waals surface area contributed by atoms with E-state index in [-0.39, 0.29) is 30.7 Å². The van der Waals surface area contributed by atoms with E-state index in [1.54, 1.807) is 11.3 Å². The number of carbonyl (C=O) groups excluding carboxylic acids is 1. The van der Waals surface area contributed by atoms with Gasteiger partial charge >= 0.3 is 0 Å². The van der Waals surface area contributed by atoms with Crippen LogP contribution in [0.3, 0.4) is 0 Å². The highest BCUT2D eigenvalue weighted by Crippen LogP contribution is 2.30. The smallest absolute Gasteiger partial charge is 0.220 e. The van der Waals surface area contributed by atoms with Crippen molar-refractivity contribution < 1.29 is 4.79 Å². The van der Waals surface area contributed by atoms with Gasteiger partial charge in [-0.3, -0.25) is 4.79 Å². The summed E-state index contributed by atoms with van der Waals surface area (Å²) in [7, 11) is 0. The Kier molecular flexibility index (Phi) is 8.61. The van der Waals surface area contributed by atoms with Crippen LogP contribution in [-0.2, 0) is 4.79 Å². The molecule has 1 aromatic heterocycles. The van der Waals surface area contributed by atoms with E-state index in [4.69, 9.17) is 4.98 Å². The molecule has 0 radical (unpaired) electrons. The Labute approximate surface area is 177 Å². The maximum absolute atomic E-state index is 12.2. The normalized spacial score (nSPS) is 20.1. The van der Waals surface area contributed by atoms with Crippen LogP contribution in [0.5, 0.6) is 0 Å². The molecule has 0 spiro atoms. The molecule has 0 saturated carbocycles. The van der Waals surface area contributed by atoms with E-state index in [2.05, 4.69) is 33.7 Å². The van der Waals surface area contributed by atoms with Crippen molar-refractivity contribution in [1.82, 2.24) is 15.6 Å². The molecule has 8 heteroatoms. The third kappa shape index (κ3) is 5.70. The molecular formula is C19H28Cl2N4OS. The van der Waals surface area contributed by atoms with Crippen LogP contribution in [0.2, 0.25) is 0 Å². The first-order valence-electron chi connectivity index (χ1n) is 9.38. The fourth-order valence-electron chi connectivity index (χ4n) is 3.81. The number of thiazole rings is 1. The SMILES string of the molecule is Cl.Cl.O=C(CCC1CCNC1)NC1CCN(c2nc3ccccc3s2)CC1. The Morgan fingerprint density at radius 2 is 2.00 bits per heavy atom. The molecule has 1 aromatic carbocycles. The quantitative estimate of drug-likeness (QED) is 0.760. The maximum atomic E-state index is 12.2. The summed E-state index contributed by atoms with van der Waals surface area (Å²) in [5.74, 6) is 0.914. The molecule has 27 heavy (non-hydrogen) atoms. The highest BCUT2D eigenvalue weighted by molar-refractivity contribution is 7.22. The standard InChI is InChI=1S/C19H26N4OS.2ClH/c24-18(6-5-14-7-10-20-13-14)21-15-8-11-23(12-9-15)19-22-16-3-1-2-4-17(16)25-19;;/h1-4,14-15,20H,5-13H2,(H,21,24);2*1H. The molecule has 2 N–H and O–H groups in total. The first-order valence-corrected chi connectivity index (χ1v) is 10.2. The van der Waals surface area contributed by atoms with Crippen molar-refractivity contribution >= 4 is 57.4 Å². The lowest BCUT2D eigenvalue weighted by molar-refractivity contribution is -0.122. The maximum Gasteiger partial charge on any atom is 0.220 e. The number of para-hydroxylation sites is 1. The molecule has 0 bridgehead atoms. The monoisotopic (exact) mass is 430 g/mol. The number of amides is 1. The summed E-state index contributed by atoms with van der Waals surface area (Å²) < 4.78 is 1.24. The topological polar surface area (TPSA) is 57.3 Å². The highest BCUT2D eigenvalue weighted by atomic mass is 35.5. The lowest BCUT2D eigenvalue weighted by Crippen LogP contribution is -2.44. The molecule has 1 amide bonds. The largest absolute Gasteiger partial charge is 0.353 e. The summed E-state index contributed by atoms with van der Waals surface area (Å²) in [6.07, 6.45) is 4.92. The molecule has 2 aliphatic heterocycles. The molecule has 1 unspecified atom stereocenters. The van der Waals surface area contributed by atoms with Crippen molar-refractivity contribution in [1.29, 1.82) is 0 Å². The zero-order chi connectivity index (χ0) is 17.1. The van der Waals surface area contributed by atoms with Crippen LogP contribution in [0.15, 0.2) is 24.3 Å². The van der Waals surface area contributed by atoms with Gasteiger partial charge in [-0.1, -0.05) is 23.5 Å². The number of fused-ring (bicyclic) bond motifs is 1. The van der Waals surface area contributed by atoms with E-state index in [0.29, 0.717) is 18.4 Å². The molecule has 0 aliphatic carbocycles. The number of hydrogen-bond donors (Lipinski definition) is 2. The van der Waals surface area contributed by atoms with Crippen molar-refractivity contribution in [3.8, 4) is 0 Å². The first-order chi connectivity index (χ1) is 12.3. The van der Waals surface area contributed by atoms with Gasteiger partial charge in [0.05, 0.1) is 10.2 Å². The van der Waals surface area contributed by atoms with Gasteiger partial charge in [-0.2, -0.15) is 0 Å². The number of piperidine rings is 1. The second-order valence-electron chi connectivity index (χ2n) is 7.19. The van der Waals surface area contributed by atoms with Crippen molar-refractivity contribution in [2.75, 3.05) is 31.1 Å². The van der Waals surface area contributed by atoms with Crippen LogP contribution >= 0.6 is 36.2 Å². The number of carbonyl (C=O) groups is 1. The minimum atomic E-state index is 0. The molecule has 1 atom stereocenters. The number of anilines is 1. The number of halogens is 2. The number of nitrogens with zero attached hydrogens (tertiary/aromatic N) is 2. The molecule has 5 nitrogen and oxygen atoms in total. The third-order valence-electron chi connectivity index (χ3n) is 5.36. The van der Waals surface area contributed by atoms with Gasteiger partial charge < -0.3 is 15.5 Å². The second-order valence-corrected chi connectivity index (χ2v) is 8.20. The Morgan fingerprint density at radius 3 is 2.70 bits per heavy atom. The van der Waals surface area contributed by atoms with Crippen LogP contribution in [0.25, 0.3) is 10.2 Å². The summed E-state index contributed by atoms with van der Waals surface area (Å²) in [5, 5.41) is 7.71. The zero-order valence-corrected chi connectivity index (χ0v) is 17.8. The number of rotatable bonds is 5. The summed E-state index contributed by atoms with van der Waals surface area (Å²) in [6.45, 7) is 4.12. The summed E-state index contributed by atoms with van der Waals surface area (Å²) >= 11 is 1.76. The summed E-state index contributed by atoms with van der Waals surface area (Å²) in [6, 6.07) is 8.62. The van der Waals surface area contributed by atoms with Crippen molar-refractivity contribution in [3.63, 3.8) is 0 Å². The van der Waals surface area contributed by atoms with Crippen molar-refractivity contribution in [2.24, 2.45) is 5.92 Å². The van der Waals surface area contributed by atoms with Gasteiger partial charge in [0.2, 0.25) is 5.91 Å². The van der Waals surface area contributed by atoms with E-state index >= 15 is 0 Å². The van der Waals surface area contributed by atoms with Gasteiger partial charge in [0.1, 0.15) is 0 Å². The van der Waals surface area contributed by atoms with E-state index in [0.717, 1.165) is 56.1 Å². The molecular weight excluding hydrogens is 403 g/mol. The van der Waals surface area contributed by atoms with Gasteiger partial charge in [0.25, 0.3) is 0 Å².